The van der Waals surface area contributed by atoms with Gasteiger partial charge in [-0.05, 0) is 26.2 Å². The first-order valence-electron chi connectivity index (χ1n) is 9.44. The molecular weight excluding hydrogens is 306 g/mol. The third kappa shape index (κ3) is 3.41. The fraction of sp³-hybridized carbons (Fsp3) is 0.944. The number of rotatable bonds is 5. The van der Waals surface area contributed by atoms with E-state index in [0.717, 1.165) is 38.7 Å². The second-order valence-corrected chi connectivity index (χ2v) is 7.26. The van der Waals surface area contributed by atoms with Gasteiger partial charge in [0.05, 0.1) is 25.4 Å². The van der Waals surface area contributed by atoms with Gasteiger partial charge in [0.15, 0.2) is 5.96 Å². The van der Waals surface area contributed by atoms with E-state index in [1.807, 2.05) is 7.05 Å². The third-order valence-electron chi connectivity index (χ3n) is 5.99. The topological polar surface area (TPSA) is 55.3 Å². The molecule has 0 aromatic carbocycles. The molecule has 6 heteroatoms. The monoisotopic (exact) mass is 339 g/mol. The van der Waals surface area contributed by atoms with Crippen molar-refractivity contribution < 1.29 is 14.2 Å². The number of nitrogens with one attached hydrogen (secondary N) is 1. The Labute approximate surface area is 145 Å². The molecule has 1 aliphatic heterocycles. The van der Waals surface area contributed by atoms with Gasteiger partial charge in [-0.2, -0.15) is 0 Å². The van der Waals surface area contributed by atoms with Crippen LogP contribution in [0.3, 0.4) is 0 Å². The Hall–Kier alpha value is -0.850. The van der Waals surface area contributed by atoms with Gasteiger partial charge in [0.25, 0.3) is 0 Å². The van der Waals surface area contributed by atoms with Crippen molar-refractivity contribution in [3.05, 3.63) is 0 Å². The molecule has 2 saturated carbocycles. The lowest BCUT2D eigenvalue weighted by molar-refractivity contribution is -0.126. The Balaban J connectivity index is 1.61. The van der Waals surface area contributed by atoms with Gasteiger partial charge in [0.2, 0.25) is 0 Å². The average molecular weight is 339 g/mol. The summed E-state index contributed by atoms with van der Waals surface area (Å²) in [6, 6.07) is 0.485. The van der Waals surface area contributed by atoms with Crippen LogP contribution in [0.4, 0.5) is 0 Å². The molecule has 3 aliphatic rings. The number of methoxy groups -OCH3 is 1. The van der Waals surface area contributed by atoms with E-state index >= 15 is 0 Å². The zero-order chi connectivity index (χ0) is 17.0. The molecule has 3 atom stereocenters. The first-order valence-corrected chi connectivity index (χ1v) is 9.44. The molecule has 1 heterocycles. The highest BCUT2D eigenvalue weighted by molar-refractivity contribution is 5.80. The van der Waals surface area contributed by atoms with Crippen molar-refractivity contribution in [2.45, 2.75) is 57.3 Å². The molecule has 0 bridgehead atoms. The van der Waals surface area contributed by atoms with Crippen LogP contribution in [-0.2, 0) is 14.2 Å². The third-order valence-corrected chi connectivity index (χ3v) is 5.99. The molecule has 3 fully saturated rings. The standard InChI is InChI=1S/C18H33N3O3/c1-4-23-16-11-15(18(16)7-5-6-8-18)20-17(19-2)21-9-10-24-14(12-21)13-22-3/h14-16H,4-13H2,1-3H3,(H,19,20). The number of ether oxygens (including phenoxy) is 3. The van der Waals surface area contributed by atoms with Crippen LogP contribution in [-0.4, -0.2) is 76.2 Å². The van der Waals surface area contributed by atoms with Gasteiger partial charge in [-0.1, -0.05) is 12.8 Å². The van der Waals surface area contributed by atoms with Crippen molar-refractivity contribution in [2.75, 3.05) is 47.1 Å². The molecule has 0 aromatic rings. The second-order valence-electron chi connectivity index (χ2n) is 7.26. The van der Waals surface area contributed by atoms with Crippen LogP contribution in [0.2, 0.25) is 0 Å². The van der Waals surface area contributed by atoms with Crippen molar-refractivity contribution in [2.24, 2.45) is 10.4 Å². The van der Waals surface area contributed by atoms with Crippen LogP contribution in [0, 0.1) is 5.41 Å². The molecule has 1 saturated heterocycles. The highest BCUT2D eigenvalue weighted by Gasteiger charge is 2.57. The number of nitrogens with zero attached hydrogens (tertiary/aromatic N) is 2. The maximum Gasteiger partial charge on any atom is 0.194 e. The van der Waals surface area contributed by atoms with E-state index in [0.29, 0.717) is 24.2 Å². The molecular formula is C18H33N3O3. The number of guanidine groups is 1. The van der Waals surface area contributed by atoms with E-state index in [1.54, 1.807) is 7.11 Å². The van der Waals surface area contributed by atoms with Gasteiger partial charge in [0, 0.05) is 45.3 Å². The van der Waals surface area contributed by atoms with Crippen LogP contribution < -0.4 is 5.32 Å². The van der Waals surface area contributed by atoms with Crippen molar-refractivity contribution in [1.29, 1.82) is 0 Å². The van der Waals surface area contributed by atoms with E-state index in [1.165, 1.54) is 25.7 Å². The van der Waals surface area contributed by atoms with Gasteiger partial charge >= 0.3 is 0 Å². The van der Waals surface area contributed by atoms with Crippen molar-refractivity contribution in [1.82, 2.24) is 10.2 Å². The summed E-state index contributed by atoms with van der Waals surface area (Å²) >= 11 is 0. The predicted molar refractivity (Wildman–Crippen MR) is 94.4 cm³/mol. The highest BCUT2D eigenvalue weighted by Crippen LogP contribution is 2.54. The van der Waals surface area contributed by atoms with E-state index in [4.69, 9.17) is 14.2 Å². The number of hydrogen-bond donors (Lipinski definition) is 1. The van der Waals surface area contributed by atoms with Crippen LogP contribution in [0.15, 0.2) is 4.99 Å². The first kappa shape index (κ1) is 18.0. The molecule has 3 unspecified atom stereocenters. The average Bonchev–Trinajstić information content (AvgIpc) is 3.11. The molecule has 0 aromatic heterocycles. The minimum Gasteiger partial charge on any atom is -0.382 e. The van der Waals surface area contributed by atoms with Crippen molar-refractivity contribution >= 4 is 5.96 Å². The van der Waals surface area contributed by atoms with Crippen LogP contribution in [0.1, 0.15) is 39.0 Å². The van der Waals surface area contributed by atoms with Gasteiger partial charge in [-0.15, -0.1) is 0 Å². The maximum atomic E-state index is 6.03. The summed E-state index contributed by atoms with van der Waals surface area (Å²) in [4.78, 5) is 6.86. The normalized spacial score (nSPS) is 32.9. The van der Waals surface area contributed by atoms with E-state index in [9.17, 15) is 0 Å². The Kier molecular flexibility index (Phi) is 6.00. The quantitative estimate of drug-likeness (QED) is 0.610. The zero-order valence-electron chi connectivity index (χ0n) is 15.4. The number of aliphatic imine (C=N–C) groups is 1. The Morgan fingerprint density at radius 3 is 2.83 bits per heavy atom. The van der Waals surface area contributed by atoms with Crippen LogP contribution in [0.25, 0.3) is 0 Å². The fourth-order valence-corrected chi connectivity index (χ4v) is 4.74. The summed E-state index contributed by atoms with van der Waals surface area (Å²) in [5, 5.41) is 3.76. The van der Waals surface area contributed by atoms with E-state index < -0.39 is 0 Å². The molecule has 0 amide bonds. The van der Waals surface area contributed by atoms with Gasteiger partial charge < -0.3 is 24.4 Å². The number of morpholine rings is 1. The minimum absolute atomic E-state index is 0.125. The van der Waals surface area contributed by atoms with Crippen molar-refractivity contribution in [3.8, 4) is 0 Å². The largest absolute Gasteiger partial charge is 0.382 e. The smallest absolute Gasteiger partial charge is 0.194 e. The Bertz CT molecular complexity index is 435. The summed E-state index contributed by atoms with van der Waals surface area (Å²) in [6.07, 6.45) is 6.86. The summed E-state index contributed by atoms with van der Waals surface area (Å²) in [6.45, 7) is 6.00. The summed E-state index contributed by atoms with van der Waals surface area (Å²) < 4.78 is 17.0. The molecule has 24 heavy (non-hydrogen) atoms. The molecule has 1 spiro atoms. The van der Waals surface area contributed by atoms with Crippen LogP contribution in [0.5, 0.6) is 0 Å². The first-order chi connectivity index (χ1) is 11.7. The fourth-order valence-electron chi connectivity index (χ4n) is 4.74. The lowest BCUT2D eigenvalue weighted by Gasteiger charge is -2.55. The molecule has 138 valence electrons. The zero-order valence-corrected chi connectivity index (χ0v) is 15.4. The second kappa shape index (κ2) is 8.02. The summed E-state index contributed by atoms with van der Waals surface area (Å²) in [7, 11) is 3.60. The lowest BCUT2D eigenvalue weighted by atomic mass is 9.60. The molecule has 2 aliphatic carbocycles. The SMILES string of the molecule is CCOC1CC(NC(=NC)N2CCOC(COC)C2)C12CCCC2. The van der Waals surface area contributed by atoms with Crippen molar-refractivity contribution in [3.63, 3.8) is 0 Å². The van der Waals surface area contributed by atoms with E-state index in [2.05, 4.69) is 22.1 Å². The molecule has 0 radical (unpaired) electrons. The predicted octanol–water partition coefficient (Wildman–Crippen LogP) is 1.65. The molecule has 6 nitrogen and oxygen atoms in total. The number of hydrogen-bond acceptors (Lipinski definition) is 4. The molecule has 3 rings (SSSR count). The van der Waals surface area contributed by atoms with Crippen LogP contribution >= 0.6 is 0 Å². The Morgan fingerprint density at radius 1 is 1.38 bits per heavy atom. The van der Waals surface area contributed by atoms with Gasteiger partial charge in [0.1, 0.15) is 0 Å². The summed E-state index contributed by atoms with van der Waals surface area (Å²) in [5.74, 6) is 1.01. The molecule has 1 N–H and O–H groups in total. The summed E-state index contributed by atoms with van der Waals surface area (Å²) in [5.41, 5.74) is 0.324. The van der Waals surface area contributed by atoms with Gasteiger partial charge in [-0.25, -0.2) is 0 Å². The highest BCUT2D eigenvalue weighted by atomic mass is 16.5. The Morgan fingerprint density at radius 2 is 2.17 bits per heavy atom. The minimum atomic E-state index is 0.125. The lowest BCUT2D eigenvalue weighted by Crippen LogP contribution is -2.66. The van der Waals surface area contributed by atoms with E-state index in [-0.39, 0.29) is 6.10 Å². The maximum absolute atomic E-state index is 6.03. The van der Waals surface area contributed by atoms with Gasteiger partial charge in [-0.3, -0.25) is 4.99 Å².